The molecule has 0 spiro atoms. The molecule has 3 N–H and O–H groups in total. The van der Waals surface area contributed by atoms with Gasteiger partial charge in [0.1, 0.15) is 0 Å². The number of aliphatic hydroxyl groups excluding tert-OH is 1. The Morgan fingerprint density at radius 2 is 2.11 bits per heavy atom. The van der Waals surface area contributed by atoms with Gasteiger partial charge in [-0.2, -0.15) is 0 Å². The molecule has 4 nitrogen and oxygen atoms in total. The zero-order valence-electron chi connectivity index (χ0n) is 11.1. The maximum absolute atomic E-state index is 11.9. The van der Waals surface area contributed by atoms with E-state index in [1.807, 2.05) is 18.2 Å². The lowest BCUT2D eigenvalue weighted by atomic mass is 10.1. The molecule has 0 heterocycles. The van der Waals surface area contributed by atoms with Crippen molar-refractivity contribution in [3.05, 3.63) is 29.8 Å². The van der Waals surface area contributed by atoms with Crippen molar-refractivity contribution in [1.29, 1.82) is 0 Å². The summed E-state index contributed by atoms with van der Waals surface area (Å²) in [6, 6.07) is 7.42. The molecule has 0 saturated carbocycles. The number of rotatable bonds is 7. The number of anilines is 1. The summed E-state index contributed by atoms with van der Waals surface area (Å²) in [5, 5.41) is 15.1. The standard InChI is InChI=1S/C14H22N2O2/c1-3-4-9-15-13-8-6-5-7-12(13)14(18)16-10-11(2)17/h5-8,11,15,17H,3-4,9-10H2,1-2H3,(H,16,18). The summed E-state index contributed by atoms with van der Waals surface area (Å²) in [6.45, 7) is 4.90. The second-order valence-corrected chi connectivity index (χ2v) is 4.38. The van der Waals surface area contributed by atoms with Gasteiger partial charge >= 0.3 is 0 Å². The lowest BCUT2D eigenvalue weighted by Gasteiger charge is -2.12. The van der Waals surface area contributed by atoms with E-state index in [0.29, 0.717) is 5.56 Å². The second kappa shape index (κ2) is 7.71. The molecule has 18 heavy (non-hydrogen) atoms. The summed E-state index contributed by atoms with van der Waals surface area (Å²) < 4.78 is 0. The molecule has 0 bridgehead atoms. The van der Waals surface area contributed by atoms with Crippen molar-refractivity contribution in [1.82, 2.24) is 5.32 Å². The number of aliphatic hydroxyl groups is 1. The first-order chi connectivity index (χ1) is 8.65. The number of hydrogen-bond acceptors (Lipinski definition) is 3. The molecule has 0 saturated heterocycles. The van der Waals surface area contributed by atoms with E-state index in [2.05, 4.69) is 17.6 Å². The van der Waals surface area contributed by atoms with Crippen LogP contribution < -0.4 is 10.6 Å². The first-order valence-electron chi connectivity index (χ1n) is 6.44. The number of nitrogens with one attached hydrogen (secondary N) is 2. The predicted molar refractivity (Wildman–Crippen MR) is 73.9 cm³/mol. The van der Waals surface area contributed by atoms with Crippen LogP contribution in [0.3, 0.4) is 0 Å². The van der Waals surface area contributed by atoms with Crippen LogP contribution in [0.1, 0.15) is 37.0 Å². The van der Waals surface area contributed by atoms with Gasteiger partial charge in [0.2, 0.25) is 0 Å². The molecule has 1 aromatic rings. The van der Waals surface area contributed by atoms with E-state index in [1.165, 1.54) is 0 Å². The Labute approximate surface area is 108 Å². The molecule has 0 aromatic heterocycles. The van der Waals surface area contributed by atoms with Crippen molar-refractivity contribution in [3.8, 4) is 0 Å². The number of hydrogen-bond donors (Lipinski definition) is 3. The lowest BCUT2D eigenvalue weighted by molar-refractivity contribution is 0.0925. The number of unbranched alkanes of at least 4 members (excludes halogenated alkanes) is 1. The van der Waals surface area contributed by atoms with E-state index >= 15 is 0 Å². The van der Waals surface area contributed by atoms with Gasteiger partial charge in [0.15, 0.2) is 0 Å². The van der Waals surface area contributed by atoms with Gasteiger partial charge in [-0.1, -0.05) is 25.5 Å². The highest BCUT2D eigenvalue weighted by Gasteiger charge is 2.10. The van der Waals surface area contributed by atoms with Crippen LogP contribution in [0.15, 0.2) is 24.3 Å². The van der Waals surface area contributed by atoms with E-state index in [1.54, 1.807) is 13.0 Å². The largest absolute Gasteiger partial charge is 0.392 e. The Kier molecular flexibility index (Phi) is 6.22. The summed E-state index contributed by atoms with van der Waals surface area (Å²) in [6.07, 6.45) is 1.65. The third kappa shape index (κ3) is 4.75. The number of amides is 1. The fourth-order valence-electron chi connectivity index (χ4n) is 1.57. The van der Waals surface area contributed by atoms with Crippen molar-refractivity contribution < 1.29 is 9.90 Å². The summed E-state index contributed by atoms with van der Waals surface area (Å²) in [5.74, 6) is -0.157. The third-order valence-corrected chi connectivity index (χ3v) is 2.58. The molecule has 0 aliphatic heterocycles. The quantitative estimate of drug-likeness (QED) is 0.649. The Hall–Kier alpha value is -1.55. The average molecular weight is 250 g/mol. The molecule has 1 rings (SSSR count). The van der Waals surface area contributed by atoms with Crippen LogP contribution in [-0.2, 0) is 0 Å². The normalized spacial score (nSPS) is 11.9. The van der Waals surface area contributed by atoms with Gasteiger partial charge in [-0.25, -0.2) is 0 Å². The molecule has 0 aliphatic carbocycles. The van der Waals surface area contributed by atoms with Crippen LogP contribution in [0, 0.1) is 0 Å². The number of carbonyl (C=O) groups is 1. The fourth-order valence-corrected chi connectivity index (χ4v) is 1.57. The summed E-state index contributed by atoms with van der Waals surface area (Å²) in [4.78, 5) is 11.9. The number of para-hydroxylation sites is 1. The van der Waals surface area contributed by atoms with Gasteiger partial charge in [-0.3, -0.25) is 4.79 Å². The Morgan fingerprint density at radius 1 is 1.39 bits per heavy atom. The minimum Gasteiger partial charge on any atom is -0.392 e. The van der Waals surface area contributed by atoms with Crippen LogP contribution in [-0.4, -0.2) is 30.2 Å². The minimum absolute atomic E-state index is 0.157. The van der Waals surface area contributed by atoms with Gasteiger partial charge in [0.25, 0.3) is 5.91 Å². The van der Waals surface area contributed by atoms with Crippen LogP contribution in [0.4, 0.5) is 5.69 Å². The Balaban J connectivity index is 2.65. The van der Waals surface area contributed by atoms with Crippen molar-refractivity contribution >= 4 is 11.6 Å². The summed E-state index contributed by atoms with van der Waals surface area (Å²) >= 11 is 0. The van der Waals surface area contributed by atoms with Gasteiger partial charge in [0, 0.05) is 18.8 Å². The van der Waals surface area contributed by atoms with Gasteiger partial charge in [-0.05, 0) is 25.5 Å². The average Bonchev–Trinajstić information content (AvgIpc) is 2.37. The van der Waals surface area contributed by atoms with Gasteiger partial charge in [-0.15, -0.1) is 0 Å². The molecule has 1 atom stereocenters. The summed E-state index contributed by atoms with van der Waals surface area (Å²) in [5.41, 5.74) is 1.46. The zero-order valence-corrected chi connectivity index (χ0v) is 11.1. The topological polar surface area (TPSA) is 61.4 Å². The van der Waals surface area contributed by atoms with E-state index in [4.69, 9.17) is 5.11 Å². The Morgan fingerprint density at radius 3 is 2.78 bits per heavy atom. The van der Waals surface area contributed by atoms with Crippen LogP contribution in [0.25, 0.3) is 0 Å². The van der Waals surface area contributed by atoms with E-state index in [0.717, 1.165) is 25.1 Å². The van der Waals surface area contributed by atoms with E-state index < -0.39 is 6.10 Å². The molecule has 1 unspecified atom stereocenters. The minimum atomic E-state index is -0.533. The van der Waals surface area contributed by atoms with E-state index in [-0.39, 0.29) is 12.5 Å². The fraction of sp³-hybridized carbons (Fsp3) is 0.500. The molecule has 100 valence electrons. The predicted octanol–water partition coefficient (Wildman–Crippen LogP) is 2.01. The molecular weight excluding hydrogens is 228 g/mol. The monoisotopic (exact) mass is 250 g/mol. The smallest absolute Gasteiger partial charge is 0.253 e. The molecule has 0 aliphatic rings. The molecular formula is C14H22N2O2. The second-order valence-electron chi connectivity index (χ2n) is 4.38. The van der Waals surface area contributed by atoms with Gasteiger partial charge in [0.05, 0.1) is 11.7 Å². The summed E-state index contributed by atoms with van der Waals surface area (Å²) in [7, 11) is 0. The molecule has 0 fully saturated rings. The highest BCUT2D eigenvalue weighted by Crippen LogP contribution is 2.14. The highest BCUT2D eigenvalue weighted by molar-refractivity contribution is 5.99. The van der Waals surface area contributed by atoms with E-state index in [9.17, 15) is 4.79 Å². The molecule has 0 radical (unpaired) electrons. The zero-order chi connectivity index (χ0) is 13.4. The van der Waals surface area contributed by atoms with Crippen molar-refractivity contribution in [2.24, 2.45) is 0 Å². The maximum atomic E-state index is 11.9. The highest BCUT2D eigenvalue weighted by atomic mass is 16.3. The maximum Gasteiger partial charge on any atom is 0.253 e. The van der Waals surface area contributed by atoms with Crippen molar-refractivity contribution in [2.75, 3.05) is 18.4 Å². The van der Waals surface area contributed by atoms with Crippen LogP contribution in [0.2, 0.25) is 0 Å². The van der Waals surface area contributed by atoms with Crippen molar-refractivity contribution in [3.63, 3.8) is 0 Å². The number of benzene rings is 1. The first kappa shape index (κ1) is 14.5. The molecule has 1 amide bonds. The Bertz CT molecular complexity index is 378. The lowest BCUT2D eigenvalue weighted by Crippen LogP contribution is -2.31. The van der Waals surface area contributed by atoms with Gasteiger partial charge < -0.3 is 15.7 Å². The third-order valence-electron chi connectivity index (χ3n) is 2.58. The van der Waals surface area contributed by atoms with Crippen molar-refractivity contribution in [2.45, 2.75) is 32.8 Å². The number of carbonyl (C=O) groups excluding carboxylic acids is 1. The van der Waals surface area contributed by atoms with Crippen LogP contribution >= 0.6 is 0 Å². The molecule has 4 heteroatoms. The SMILES string of the molecule is CCCCNc1ccccc1C(=O)NCC(C)O. The first-order valence-corrected chi connectivity index (χ1v) is 6.44. The van der Waals surface area contributed by atoms with Crippen LogP contribution in [0.5, 0.6) is 0 Å². The molecule has 1 aromatic carbocycles.